The third-order valence-corrected chi connectivity index (χ3v) is 7.08. The number of hydrogen-bond acceptors (Lipinski definition) is 5. The second kappa shape index (κ2) is 9.06. The number of benzene rings is 3. The van der Waals surface area contributed by atoms with Gasteiger partial charge in [0.05, 0.1) is 18.7 Å². The summed E-state index contributed by atoms with van der Waals surface area (Å²) >= 11 is 0. The van der Waals surface area contributed by atoms with Gasteiger partial charge in [-0.05, 0) is 48.0 Å². The molecule has 3 atom stereocenters. The van der Waals surface area contributed by atoms with Gasteiger partial charge in [0.2, 0.25) is 12.7 Å². The van der Waals surface area contributed by atoms with Crippen LogP contribution in [-0.2, 0) is 4.79 Å². The molecule has 3 aromatic carbocycles. The van der Waals surface area contributed by atoms with E-state index in [4.69, 9.17) is 9.47 Å². The minimum atomic E-state index is -0.299. The summed E-state index contributed by atoms with van der Waals surface area (Å²) in [5.41, 5.74) is 3.31. The lowest BCUT2D eigenvalue weighted by Crippen LogP contribution is -2.73. The number of nitrogens with zero attached hydrogens (tertiary/aromatic N) is 2. The smallest absolute Gasteiger partial charge is 0.254 e. The minimum Gasteiger partial charge on any atom is -0.454 e. The Balaban J connectivity index is 1.21. The number of ether oxygens (including phenoxy) is 2. The van der Waals surface area contributed by atoms with Gasteiger partial charge < -0.3 is 24.4 Å². The second-order valence-electron chi connectivity index (χ2n) is 9.14. The largest absolute Gasteiger partial charge is 0.454 e. The highest BCUT2D eigenvalue weighted by molar-refractivity contribution is 5.98. The Morgan fingerprint density at radius 3 is 2.42 bits per heavy atom. The molecule has 0 spiro atoms. The predicted octanol–water partition coefficient (Wildman–Crippen LogP) is 2.63. The molecule has 0 radical (unpaired) electrons. The van der Waals surface area contributed by atoms with Gasteiger partial charge in [0.25, 0.3) is 5.91 Å². The van der Waals surface area contributed by atoms with Crippen LogP contribution in [0.5, 0.6) is 11.5 Å². The van der Waals surface area contributed by atoms with Crippen LogP contribution < -0.4 is 9.47 Å². The summed E-state index contributed by atoms with van der Waals surface area (Å²) < 4.78 is 10.7. The number of aliphatic hydroxyl groups is 1. The minimum absolute atomic E-state index is 0.0129. The Morgan fingerprint density at radius 2 is 1.67 bits per heavy atom. The summed E-state index contributed by atoms with van der Waals surface area (Å²) in [7, 11) is 0. The van der Waals surface area contributed by atoms with Crippen LogP contribution >= 0.6 is 0 Å². The van der Waals surface area contributed by atoms with Crippen molar-refractivity contribution in [1.29, 1.82) is 0 Å². The van der Waals surface area contributed by atoms with E-state index in [9.17, 15) is 14.7 Å². The van der Waals surface area contributed by atoms with Crippen LogP contribution in [0, 0.1) is 11.8 Å². The molecule has 2 saturated heterocycles. The molecule has 0 bridgehead atoms. The fraction of sp³-hybridized carbons (Fsp3) is 0.241. The van der Waals surface area contributed by atoms with E-state index in [1.54, 1.807) is 28.0 Å². The maximum atomic E-state index is 13.2. The molecular formula is C29H24N2O5. The lowest BCUT2D eigenvalue weighted by molar-refractivity contribution is -0.159. The first kappa shape index (κ1) is 22.2. The lowest BCUT2D eigenvalue weighted by atomic mass is 9.73. The topological polar surface area (TPSA) is 79.3 Å². The fourth-order valence-electron chi connectivity index (χ4n) is 5.32. The summed E-state index contributed by atoms with van der Waals surface area (Å²) in [6.45, 7) is 0.391. The van der Waals surface area contributed by atoms with E-state index in [2.05, 4.69) is 11.8 Å². The number of amides is 2. The highest BCUT2D eigenvalue weighted by atomic mass is 16.7. The van der Waals surface area contributed by atoms with Gasteiger partial charge in [-0.3, -0.25) is 9.59 Å². The van der Waals surface area contributed by atoms with Crippen LogP contribution in [0.2, 0.25) is 0 Å². The normalized spacial score (nSPS) is 21.8. The third-order valence-electron chi connectivity index (χ3n) is 7.08. The average molecular weight is 481 g/mol. The first-order valence-electron chi connectivity index (χ1n) is 11.9. The fourth-order valence-corrected chi connectivity index (χ4v) is 5.32. The molecule has 0 saturated carbocycles. The number of rotatable bonds is 3. The van der Waals surface area contributed by atoms with Crippen LogP contribution in [0.15, 0.2) is 72.8 Å². The van der Waals surface area contributed by atoms with Gasteiger partial charge in [0.15, 0.2) is 11.5 Å². The molecule has 3 heterocycles. The Hall–Kier alpha value is -4.28. The molecule has 0 aliphatic carbocycles. The van der Waals surface area contributed by atoms with E-state index >= 15 is 0 Å². The number of fused-ring (bicyclic) bond motifs is 2. The van der Waals surface area contributed by atoms with Crippen molar-refractivity contribution in [2.45, 2.75) is 18.0 Å². The monoisotopic (exact) mass is 480 g/mol. The Bertz CT molecular complexity index is 1380. The molecule has 0 aromatic heterocycles. The Morgan fingerprint density at radius 1 is 0.944 bits per heavy atom. The lowest BCUT2D eigenvalue weighted by Gasteiger charge is -2.58. The molecule has 2 amide bonds. The van der Waals surface area contributed by atoms with Crippen molar-refractivity contribution in [3.05, 3.63) is 95.1 Å². The molecule has 3 aliphatic rings. The van der Waals surface area contributed by atoms with E-state index in [1.807, 2.05) is 54.6 Å². The summed E-state index contributed by atoms with van der Waals surface area (Å²) in [5.74, 6) is 7.02. The highest BCUT2D eigenvalue weighted by Gasteiger charge is 2.54. The molecule has 7 nitrogen and oxygen atoms in total. The van der Waals surface area contributed by atoms with Crippen molar-refractivity contribution < 1.29 is 24.2 Å². The zero-order valence-electron chi connectivity index (χ0n) is 19.5. The van der Waals surface area contributed by atoms with Crippen LogP contribution in [0.3, 0.4) is 0 Å². The van der Waals surface area contributed by atoms with E-state index in [1.165, 1.54) is 0 Å². The van der Waals surface area contributed by atoms with E-state index in [0.29, 0.717) is 23.6 Å². The number of carbonyl (C=O) groups excluding carboxylic acids is 2. The summed E-state index contributed by atoms with van der Waals surface area (Å²) in [4.78, 5) is 29.5. The molecule has 180 valence electrons. The quantitative estimate of drug-likeness (QED) is 0.583. The maximum absolute atomic E-state index is 13.2. The first-order valence-corrected chi connectivity index (χ1v) is 11.9. The first-order chi connectivity index (χ1) is 17.6. The van der Waals surface area contributed by atoms with Crippen LogP contribution in [0.1, 0.15) is 33.0 Å². The van der Waals surface area contributed by atoms with Crippen LogP contribution in [0.4, 0.5) is 0 Å². The molecule has 7 heteroatoms. The molecule has 2 fully saturated rings. The maximum Gasteiger partial charge on any atom is 0.254 e. The number of aliphatic hydroxyl groups excluding tert-OH is 1. The summed E-state index contributed by atoms with van der Waals surface area (Å²) in [6.07, 6.45) is 0. The van der Waals surface area contributed by atoms with Crippen molar-refractivity contribution >= 4 is 11.8 Å². The zero-order chi connectivity index (χ0) is 24.6. The van der Waals surface area contributed by atoms with Crippen LogP contribution in [0.25, 0.3) is 0 Å². The molecule has 0 unspecified atom stereocenters. The molecule has 3 aromatic rings. The molecule has 6 rings (SSSR count). The van der Waals surface area contributed by atoms with E-state index in [-0.39, 0.29) is 49.8 Å². The average Bonchev–Trinajstić information content (AvgIpc) is 3.37. The second-order valence-corrected chi connectivity index (χ2v) is 9.14. The van der Waals surface area contributed by atoms with Gasteiger partial charge in [-0.2, -0.15) is 0 Å². The van der Waals surface area contributed by atoms with Crippen molar-refractivity contribution in [1.82, 2.24) is 9.80 Å². The van der Waals surface area contributed by atoms with Gasteiger partial charge >= 0.3 is 0 Å². The van der Waals surface area contributed by atoms with Gasteiger partial charge in [0.1, 0.15) is 6.54 Å². The predicted molar refractivity (Wildman–Crippen MR) is 132 cm³/mol. The molecular weight excluding hydrogens is 456 g/mol. The van der Waals surface area contributed by atoms with Crippen molar-refractivity contribution in [3.63, 3.8) is 0 Å². The van der Waals surface area contributed by atoms with Crippen molar-refractivity contribution in [2.24, 2.45) is 0 Å². The van der Waals surface area contributed by atoms with Crippen molar-refractivity contribution in [2.75, 3.05) is 26.5 Å². The number of carbonyl (C=O) groups is 2. The Kier molecular flexibility index (Phi) is 5.59. The number of piperazine rings is 1. The zero-order valence-corrected chi connectivity index (χ0v) is 19.5. The van der Waals surface area contributed by atoms with Crippen molar-refractivity contribution in [3.8, 4) is 23.3 Å². The van der Waals surface area contributed by atoms with Gasteiger partial charge in [-0.25, -0.2) is 0 Å². The van der Waals surface area contributed by atoms with Gasteiger partial charge in [-0.15, -0.1) is 0 Å². The summed E-state index contributed by atoms with van der Waals surface area (Å²) in [5, 5.41) is 10.1. The number of hydrogen-bond donors (Lipinski definition) is 1. The SMILES string of the molecule is O=C(c1ccc2c(c1)OCO2)N1CC(=O)N2[C@H](CO)[C@@H](c3ccc(C#Cc4ccccc4)cc3)[C@@H]2C1. The standard InChI is InChI=1S/C29H24N2O5/c32-17-24-28(21-10-8-20(9-11-21)7-6-19-4-2-1-3-5-19)23-15-30(16-27(33)31(23)24)29(34)22-12-13-25-26(14-22)36-18-35-25/h1-5,8-14,23-24,28,32H,15-18H2/t23-,24+,28-/m0/s1. The highest BCUT2D eigenvalue weighted by Crippen LogP contribution is 2.43. The summed E-state index contributed by atoms with van der Waals surface area (Å²) in [6, 6.07) is 22.3. The van der Waals surface area contributed by atoms with Gasteiger partial charge in [0, 0.05) is 29.2 Å². The Labute approximate surface area is 208 Å². The molecule has 1 N–H and O–H groups in total. The molecule has 36 heavy (non-hydrogen) atoms. The van der Waals surface area contributed by atoms with Gasteiger partial charge in [-0.1, -0.05) is 42.2 Å². The third kappa shape index (κ3) is 3.86. The van der Waals surface area contributed by atoms with E-state index < -0.39 is 0 Å². The molecule has 3 aliphatic heterocycles. The van der Waals surface area contributed by atoms with E-state index in [0.717, 1.165) is 16.7 Å². The van der Waals surface area contributed by atoms with Crippen LogP contribution in [-0.4, -0.2) is 65.3 Å².